The SMILES string of the molecule is CNCC1CCN(S(=O)(=O)NCc2noc(C)n2)CC1. The number of aryl methyl sites for hydroxylation is 1. The number of hydrogen-bond acceptors (Lipinski definition) is 6. The van der Waals surface area contributed by atoms with Gasteiger partial charge in [-0.25, -0.2) is 0 Å². The quantitative estimate of drug-likeness (QED) is 0.744. The lowest BCUT2D eigenvalue weighted by Crippen LogP contribution is -2.45. The Kier molecular flexibility index (Phi) is 5.08. The van der Waals surface area contributed by atoms with Gasteiger partial charge in [0.2, 0.25) is 5.89 Å². The fourth-order valence-corrected chi connectivity index (χ4v) is 3.49. The Morgan fingerprint density at radius 1 is 1.40 bits per heavy atom. The number of hydrogen-bond donors (Lipinski definition) is 2. The van der Waals surface area contributed by atoms with Gasteiger partial charge >= 0.3 is 0 Å². The van der Waals surface area contributed by atoms with E-state index < -0.39 is 10.2 Å². The molecule has 0 saturated carbocycles. The molecule has 8 nitrogen and oxygen atoms in total. The van der Waals surface area contributed by atoms with E-state index in [0.717, 1.165) is 19.4 Å². The Hall–Kier alpha value is -1.03. The van der Waals surface area contributed by atoms with Gasteiger partial charge in [0, 0.05) is 20.0 Å². The molecule has 0 radical (unpaired) electrons. The molecular formula is C11H21N5O3S. The van der Waals surface area contributed by atoms with Crippen LogP contribution in [0.1, 0.15) is 24.6 Å². The van der Waals surface area contributed by atoms with Gasteiger partial charge in [-0.2, -0.15) is 22.4 Å². The van der Waals surface area contributed by atoms with Gasteiger partial charge in [-0.05, 0) is 32.4 Å². The lowest BCUT2D eigenvalue weighted by atomic mass is 9.98. The van der Waals surface area contributed by atoms with E-state index in [0.29, 0.717) is 30.7 Å². The molecule has 1 aromatic heterocycles. The van der Waals surface area contributed by atoms with Crippen molar-refractivity contribution in [3.8, 4) is 0 Å². The molecule has 0 amide bonds. The van der Waals surface area contributed by atoms with Crippen molar-refractivity contribution in [3.05, 3.63) is 11.7 Å². The molecule has 0 unspecified atom stereocenters. The monoisotopic (exact) mass is 303 g/mol. The fourth-order valence-electron chi connectivity index (χ4n) is 2.30. The van der Waals surface area contributed by atoms with E-state index >= 15 is 0 Å². The average molecular weight is 303 g/mol. The van der Waals surface area contributed by atoms with E-state index in [1.807, 2.05) is 7.05 Å². The topological polar surface area (TPSA) is 100 Å². The maximum Gasteiger partial charge on any atom is 0.279 e. The van der Waals surface area contributed by atoms with Gasteiger partial charge in [0.1, 0.15) is 0 Å². The van der Waals surface area contributed by atoms with Crippen molar-refractivity contribution in [1.82, 2.24) is 24.5 Å². The molecule has 2 N–H and O–H groups in total. The van der Waals surface area contributed by atoms with Crippen LogP contribution in [0.3, 0.4) is 0 Å². The highest BCUT2D eigenvalue weighted by atomic mass is 32.2. The fraction of sp³-hybridized carbons (Fsp3) is 0.818. The summed E-state index contributed by atoms with van der Waals surface area (Å²) in [4.78, 5) is 3.96. The van der Waals surface area contributed by atoms with Crippen molar-refractivity contribution in [1.29, 1.82) is 0 Å². The molecule has 0 atom stereocenters. The Bertz CT molecular complexity index is 522. The second-order valence-corrected chi connectivity index (χ2v) is 6.71. The van der Waals surface area contributed by atoms with Crippen LogP contribution in [0.4, 0.5) is 0 Å². The summed E-state index contributed by atoms with van der Waals surface area (Å²) in [6.45, 7) is 3.75. The van der Waals surface area contributed by atoms with Crippen LogP contribution in [-0.4, -0.2) is 49.5 Å². The summed E-state index contributed by atoms with van der Waals surface area (Å²) in [7, 11) is -1.56. The van der Waals surface area contributed by atoms with Crippen molar-refractivity contribution in [3.63, 3.8) is 0 Å². The Balaban J connectivity index is 1.85. The summed E-state index contributed by atoms with van der Waals surface area (Å²) < 4.78 is 33.1. The third-order valence-electron chi connectivity index (χ3n) is 3.39. The van der Waals surface area contributed by atoms with E-state index in [1.54, 1.807) is 6.92 Å². The molecular weight excluding hydrogens is 282 g/mol. The van der Waals surface area contributed by atoms with Gasteiger partial charge in [0.15, 0.2) is 5.82 Å². The summed E-state index contributed by atoms with van der Waals surface area (Å²) in [5.74, 6) is 1.31. The Labute approximate surface area is 119 Å². The van der Waals surface area contributed by atoms with Gasteiger partial charge in [0.25, 0.3) is 10.2 Å². The molecule has 0 aromatic carbocycles. The summed E-state index contributed by atoms with van der Waals surface area (Å²) in [6.07, 6.45) is 1.76. The zero-order chi connectivity index (χ0) is 14.6. The van der Waals surface area contributed by atoms with Crippen molar-refractivity contribution in [2.24, 2.45) is 5.92 Å². The summed E-state index contributed by atoms with van der Waals surface area (Å²) in [6, 6.07) is 0. The lowest BCUT2D eigenvalue weighted by Gasteiger charge is -2.30. The summed E-state index contributed by atoms with van der Waals surface area (Å²) in [5.41, 5.74) is 0. The average Bonchev–Trinajstić information content (AvgIpc) is 2.84. The maximum absolute atomic E-state index is 12.1. The lowest BCUT2D eigenvalue weighted by molar-refractivity contribution is 0.268. The van der Waals surface area contributed by atoms with Crippen LogP contribution in [0.25, 0.3) is 0 Å². The minimum atomic E-state index is -3.47. The third-order valence-corrected chi connectivity index (χ3v) is 4.94. The zero-order valence-corrected chi connectivity index (χ0v) is 12.6. The highest BCUT2D eigenvalue weighted by Crippen LogP contribution is 2.18. The second kappa shape index (κ2) is 6.61. The standard InChI is InChI=1S/C11H21N5O3S/c1-9-14-11(15-19-9)8-13-20(17,18)16-5-3-10(4-6-16)7-12-2/h10,12-13H,3-8H2,1-2H3. The first-order chi connectivity index (χ1) is 9.51. The summed E-state index contributed by atoms with van der Waals surface area (Å²) in [5, 5.41) is 6.79. The van der Waals surface area contributed by atoms with E-state index in [2.05, 4.69) is 20.2 Å². The number of aromatic nitrogens is 2. The maximum atomic E-state index is 12.1. The van der Waals surface area contributed by atoms with E-state index in [9.17, 15) is 8.42 Å². The molecule has 1 aliphatic heterocycles. The first-order valence-corrected chi connectivity index (χ1v) is 8.14. The van der Waals surface area contributed by atoms with Crippen molar-refractivity contribution < 1.29 is 12.9 Å². The van der Waals surface area contributed by atoms with Gasteiger partial charge in [-0.1, -0.05) is 5.16 Å². The van der Waals surface area contributed by atoms with Crippen LogP contribution in [-0.2, 0) is 16.8 Å². The number of piperidine rings is 1. The van der Waals surface area contributed by atoms with Gasteiger partial charge in [-0.15, -0.1) is 0 Å². The molecule has 1 aromatic rings. The van der Waals surface area contributed by atoms with E-state index in [4.69, 9.17) is 4.52 Å². The van der Waals surface area contributed by atoms with Crippen LogP contribution < -0.4 is 10.0 Å². The number of nitrogens with zero attached hydrogens (tertiary/aromatic N) is 3. The normalized spacial score (nSPS) is 18.5. The van der Waals surface area contributed by atoms with E-state index in [1.165, 1.54) is 4.31 Å². The number of rotatable bonds is 6. The van der Waals surface area contributed by atoms with Crippen LogP contribution >= 0.6 is 0 Å². The second-order valence-electron chi connectivity index (χ2n) is 4.96. The van der Waals surface area contributed by atoms with Crippen molar-refractivity contribution >= 4 is 10.2 Å². The van der Waals surface area contributed by atoms with Crippen LogP contribution in [0.15, 0.2) is 4.52 Å². The molecule has 9 heteroatoms. The predicted octanol–water partition coefficient (Wildman–Crippen LogP) is -0.356. The van der Waals surface area contributed by atoms with Crippen molar-refractivity contribution in [2.45, 2.75) is 26.3 Å². The Morgan fingerprint density at radius 3 is 2.65 bits per heavy atom. The molecule has 114 valence electrons. The molecule has 1 aliphatic rings. The van der Waals surface area contributed by atoms with E-state index in [-0.39, 0.29) is 6.54 Å². The molecule has 0 aliphatic carbocycles. The summed E-state index contributed by atoms with van der Waals surface area (Å²) >= 11 is 0. The largest absolute Gasteiger partial charge is 0.340 e. The number of nitrogens with one attached hydrogen (secondary N) is 2. The van der Waals surface area contributed by atoms with Gasteiger partial charge in [-0.3, -0.25) is 0 Å². The van der Waals surface area contributed by atoms with Crippen LogP contribution in [0.5, 0.6) is 0 Å². The minimum Gasteiger partial charge on any atom is -0.340 e. The molecule has 2 rings (SSSR count). The smallest absolute Gasteiger partial charge is 0.279 e. The molecule has 20 heavy (non-hydrogen) atoms. The third kappa shape index (κ3) is 3.98. The van der Waals surface area contributed by atoms with Gasteiger partial charge < -0.3 is 9.84 Å². The Morgan fingerprint density at radius 2 is 2.10 bits per heavy atom. The molecule has 2 heterocycles. The zero-order valence-electron chi connectivity index (χ0n) is 11.8. The molecule has 0 spiro atoms. The predicted molar refractivity (Wildman–Crippen MR) is 73.0 cm³/mol. The first-order valence-electron chi connectivity index (χ1n) is 6.70. The molecule has 1 fully saturated rings. The molecule has 1 saturated heterocycles. The van der Waals surface area contributed by atoms with Gasteiger partial charge in [0.05, 0.1) is 6.54 Å². The van der Waals surface area contributed by atoms with Crippen LogP contribution in [0, 0.1) is 12.8 Å². The highest BCUT2D eigenvalue weighted by molar-refractivity contribution is 7.87. The van der Waals surface area contributed by atoms with Crippen LogP contribution in [0.2, 0.25) is 0 Å². The first kappa shape index (κ1) is 15.4. The highest BCUT2D eigenvalue weighted by Gasteiger charge is 2.27. The van der Waals surface area contributed by atoms with Crippen molar-refractivity contribution in [2.75, 3.05) is 26.7 Å². The molecule has 0 bridgehead atoms. The minimum absolute atomic E-state index is 0.0517.